The van der Waals surface area contributed by atoms with Gasteiger partial charge in [0.05, 0.1) is 9.77 Å². The average molecular weight is 412 g/mol. The zero-order chi connectivity index (χ0) is 14.0. The van der Waals surface area contributed by atoms with Crippen molar-refractivity contribution >= 4 is 55.7 Å². The predicted molar refractivity (Wildman–Crippen MR) is 78.2 cm³/mol. The highest BCUT2D eigenvalue weighted by Gasteiger charge is 2.17. The monoisotopic (exact) mass is 411 g/mol. The van der Waals surface area contributed by atoms with Gasteiger partial charge in [0.15, 0.2) is 5.82 Å². The summed E-state index contributed by atoms with van der Waals surface area (Å²) in [7, 11) is -3.54. The van der Waals surface area contributed by atoms with Crippen molar-refractivity contribution in [1.82, 2.24) is 19.9 Å². The Bertz CT molecular complexity index is 710. The molecule has 0 fully saturated rings. The maximum absolute atomic E-state index is 11.5. The summed E-state index contributed by atoms with van der Waals surface area (Å²) in [6.07, 6.45) is 5.50. The van der Waals surface area contributed by atoms with E-state index in [9.17, 15) is 8.42 Å². The molecular weight excluding hydrogens is 405 g/mol. The van der Waals surface area contributed by atoms with E-state index < -0.39 is 9.84 Å². The van der Waals surface area contributed by atoms with E-state index in [4.69, 9.17) is 11.6 Å². The van der Waals surface area contributed by atoms with Crippen LogP contribution in [0.5, 0.6) is 0 Å². The van der Waals surface area contributed by atoms with E-state index in [1.54, 1.807) is 0 Å². The highest BCUT2D eigenvalue weighted by molar-refractivity contribution is 14.1. The minimum absolute atomic E-state index is 0.0578. The van der Waals surface area contributed by atoms with Crippen LogP contribution in [0.1, 0.15) is 0 Å². The summed E-state index contributed by atoms with van der Waals surface area (Å²) in [5.41, 5.74) is 0. The van der Waals surface area contributed by atoms with Crippen LogP contribution in [0.2, 0.25) is 5.15 Å². The first-order chi connectivity index (χ1) is 8.88. The lowest BCUT2D eigenvalue weighted by Gasteiger charge is -2.08. The van der Waals surface area contributed by atoms with Gasteiger partial charge in [0, 0.05) is 18.6 Å². The Kier molecular flexibility index (Phi) is 4.16. The molecule has 100 valence electrons. The molecule has 2 aromatic rings. The quantitative estimate of drug-likeness (QED) is 0.466. The molecule has 0 atom stereocenters. The SMILES string of the molecule is CS(=O)(=O)c1nc(Cl)c(I)c(Nc2cnccn2)n1. The van der Waals surface area contributed by atoms with Crippen LogP contribution in [0, 0.1) is 3.57 Å². The first kappa shape index (κ1) is 14.3. The van der Waals surface area contributed by atoms with Gasteiger partial charge in [-0.1, -0.05) is 11.6 Å². The Labute approximate surface area is 127 Å². The van der Waals surface area contributed by atoms with Crippen molar-refractivity contribution in [1.29, 1.82) is 0 Å². The highest BCUT2D eigenvalue weighted by Crippen LogP contribution is 2.26. The smallest absolute Gasteiger partial charge is 0.250 e. The molecule has 2 aromatic heterocycles. The third-order valence-electron chi connectivity index (χ3n) is 1.93. The molecule has 1 N–H and O–H groups in total. The van der Waals surface area contributed by atoms with E-state index in [1.165, 1.54) is 18.6 Å². The van der Waals surface area contributed by atoms with Crippen LogP contribution in [0.4, 0.5) is 11.6 Å². The second kappa shape index (κ2) is 5.51. The molecule has 0 unspecified atom stereocenters. The van der Waals surface area contributed by atoms with Crippen molar-refractivity contribution in [2.24, 2.45) is 0 Å². The number of anilines is 2. The summed E-state index contributed by atoms with van der Waals surface area (Å²) in [6, 6.07) is 0. The number of halogens is 2. The molecule has 0 aliphatic carbocycles. The Morgan fingerprint density at radius 1 is 1.32 bits per heavy atom. The number of rotatable bonds is 3. The van der Waals surface area contributed by atoms with E-state index in [0.717, 1.165) is 6.26 Å². The summed E-state index contributed by atoms with van der Waals surface area (Å²) >= 11 is 7.81. The number of nitrogens with one attached hydrogen (secondary N) is 1. The molecule has 0 aromatic carbocycles. The van der Waals surface area contributed by atoms with E-state index in [2.05, 4.69) is 25.3 Å². The van der Waals surface area contributed by atoms with Gasteiger partial charge in [-0.3, -0.25) is 4.98 Å². The van der Waals surface area contributed by atoms with Gasteiger partial charge in [-0.2, -0.15) is 4.98 Å². The maximum atomic E-state index is 11.5. The predicted octanol–water partition coefficient (Wildman–Crippen LogP) is 1.67. The number of sulfone groups is 1. The molecule has 0 radical (unpaired) electrons. The molecule has 0 bridgehead atoms. The number of hydrogen-bond acceptors (Lipinski definition) is 7. The first-order valence-corrected chi connectivity index (χ1v) is 8.19. The van der Waals surface area contributed by atoms with Gasteiger partial charge in [-0.25, -0.2) is 18.4 Å². The highest BCUT2D eigenvalue weighted by atomic mass is 127. The van der Waals surface area contributed by atoms with Crippen LogP contribution in [0.15, 0.2) is 23.7 Å². The third-order valence-corrected chi connectivity index (χ3v) is 4.39. The Morgan fingerprint density at radius 3 is 2.63 bits per heavy atom. The van der Waals surface area contributed by atoms with Crippen molar-refractivity contribution in [2.75, 3.05) is 11.6 Å². The fraction of sp³-hybridized carbons (Fsp3) is 0.111. The van der Waals surface area contributed by atoms with Crippen molar-refractivity contribution in [3.8, 4) is 0 Å². The molecule has 10 heteroatoms. The van der Waals surface area contributed by atoms with E-state index >= 15 is 0 Å². The second-order valence-corrected chi connectivity index (χ2v) is 6.79. The zero-order valence-corrected chi connectivity index (χ0v) is 13.2. The fourth-order valence-corrected chi connectivity index (χ4v) is 2.24. The van der Waals surface area contributed by atoms with Crippen LogP contribution in [0.25, 0.3) is 0 Å². The van der Waals surface area contributed by atoms with Gasteiger partial charge < -0.3 is 5.32 Å². The molecule has 2 rings (SSSR count). The van der Waals surface area contributed by atoms with Crippen molar-refractivity contribution in [3.63, 3.8) is 0 Å². The largest absolute Gasteiger partial charge is 0.323 e. The Hall–Kier alpha value is -1.07. The lowest BCUT2D eigenvalue weighted by molar-refractivity contribution is 0.593. The lowest BCUT2D eigenvalue weighted by Crippen LogP contribution is -2.09. The van der Waals surface area contributed by atoms with Gasteiger partial charge in [-0.05, 0) is 22.6 Å². The van der Waals surface area contributed by atoms with Gasteiger partial charge in [0.25, 0.3) is 0 Å². The Morgan fingerprint density at radius 2 is 2.05 bits per heavy atom. The topological polar surface area (TPSA) is 97.7 Å². The lowest BCUT2D eigenvalue weighted by atomic mass is 10.5. The maximum Gasteiger partial charge on any atom is 0.250 e. The minimum atomic E-state index is -3.54. The molecule has 7 nitrogen and oxygen atoms in total. The first-order valence-electron chi connectivity index (χ1n) is 4.84. The van der Waals surface area contributed by atoms with E-state index in [0.29, 0.717) is 9.39 Å². The molecule has 0 amide bonds. The summed E-state index contributed by atoms with van der Waals surface area (Å²) in [5.74, 6) is 0.691. The molecule has 0 saturated carbocycles. The van der Waals surface area contributed by atoms with E-state index in [1.807, 2.05) is 22.6 Å². The number of nitrogens with zero attached hydrogens (tertiary/aromatic N) is 4. The van der Waals surface area contributed by atoms with Gasteiger partial charge >= 0.3 is 0 Å². The third kappa shape index (κ3) is 3.48. The molecule has 0 spiro atoms. The van der Waals surface area contributed by atoms with Gasteiger partial charge in [0.2, 0.25) is 15.0 Å². The molecule has 19 heavy (non-hydrogen) atoms. The Balaban J connectivity index is 2.48. The summed E-state index contributed by atoms with van der Waals surface area (Å²) in [6.45, 7) is 0. The summed E-state index contributed by atoms with van der Waals surface area (Å²) in [5, 5.41) is 2.56. The molecule has 2 heterocycles. The van der Waals surface area contributed by atoms with Crippen LogP contribution >= 0.6 is 34.2 Å². The van der Waals surface area contributed by atoms with Crippen LogP contribution < -0.4 is 5.32 Å². The standard InChI is InChI=1S/C9H7ClIN5O2S/c1-19(17,18)9-15-7(10)6(11)8(16-9)14-5-4-12-2-3-13-5/h2-4H,1H3,(H,13,14,15,16). The van der Waals surface area contributed by atoms with Crippen LogP contribution in [0.3, 0.4) is 0 Å². The number of hydrogen-bond donors (Lipinski definition) is 1. The minimum Gasteiger partial charge on any atom is -0.323 e. The summed E-state index contributed by atoms with van der Waals surface area (Å²) in [4.78, 5) is 15.5. The molecule has 0 aliphatic heterocycles. The molecule has 0 saturated heterocycles. The van der Waals surface area contributed by atoms with Crippen LogP contribution in [-0.2, 0) is 9.84 Å². The second-order valence-electron chi connectivity index (χ2n) is 3.45. The van der Waals surface area contributed by atoms with Crippen LogP contribution in [-0.4, -0.2) is 34.6 Å². The average Bonchev–Trinajstić information content (AvgIpc) is 2.34. The van der Waals surface area contributed by atoms with E-state index in [-0.39, 0.29) is 16.1 Å². The van der Waals surface area contributed by atoms with Gasteiger partial charge in [-0.15, -0.1) is 0 Å². The fourth-order valence-electron chi connectivity index (χ4n) is 1.13. The summed E-state index contributed by atoms with van der Waals surface area (Å²) < 4.78 is 23.4. The van der Waals surface area contributed by atoms with Crippen molar-refractivity contribution in [3.05, 3.63) is 27.3 Å². The number of aromatic nitrogens is 4. The van der Waals surface area contributed by atoms with Gasteiger partial charge in [0.1, 0.15) is 11.0 Å². The molecular formula is C9H7ClIN5O2S. The van der Waals surface area contributed by atoms with Crippen molar-refractivity contribution in [2.45, 2.75) is 5.16 Å². The van der Waals surface area contributed by atoms with Crippen molar-refractivity contribution < 1.29 is 8.42 Å². The molecule has 0 aliphatic rings. The zero-order valence-electron chi connectivity index (χ0n) is 9.50. The normalized spacial score (nSPS) is 11.3.